The van der Waals surface area contributed by atoms with Crippen LogP contribution in [0.5, 0.6) is 0 Å². The number of nitrogens with zero attached hydrogens (tertiary/aromatic N) is 3. The summed E-state index contributed by atoms with van der Waals surface area (Å²) in [4.78, 5) is 24.8. The van der Waals surface area contributed by atoms with Crippen LogP contribution in [0.1, 0.15) is 28.2 Å². The molecule has 0 saturated heterocycles. The first kappa shape index (κ1) is 17.8. The molecule has 10 heteroatoms. The molecule has 2 amide bonds. The Labute approximate surface area is 146 Å². The molecule has 0 aliphatic carbocycles. The third-order valence-electron chi connectivity index (χ3n) is 3.99. The van der Waals surface area contributed by atoms with Crippen LogP contribution in [0, 0.1) is 0 Å². The van der Waals surface area contributed by atoms with Crippen LogP contribution in [0.4, 0.5) is 23.7 Å². The fourth-order valence-corrected chi connectivity index (χ4v) is 2.77. The summed E-state index contributed by atoms with van der Waals surface area (Å²) in [6, 6.07) is 5.40. The maximum Gasteiger partial charge on any atom is 0.418 e. The monoisotopic (exact) mass is 368 g/mol. The Morgan fingerprint density at radius 2 is 1.92 bits per heavy atom. The van der Waals surface area contributed by atoms with Crippen LogP contribution in [-0.4, -0.2) is 38.3 Å². The number of carboxylic acid groups (broad SMARTS) is 1. The number of para-hydroxylation sites is 1. The molecule has 0 atom stereocenters. The minimum atomic E-state index is -4.59. The molecule has 7 nitrogen and oxygen atoms in total. The van der Waals surface area contributed by atoms with Gasteiger partial charge in [0.2, 0.25) is 0 Å². The van der Waals surface area contributed by atoms with Gasteiger partial charge in [-0.25, -0.2) is 9.59 Å². The summed E-state index contributed by atoms with van der Waals surface area (Å²) < 4.78 is 40.6. The first-order chi connectivity index (χ1) is 12.3. The Hall–Kier alpha value is -3.04. The van der Waals surface area contributed by atoms with E-state index in [4.69, 9.17) is 5.11 Å². The molecule has 2 N–H and O–H groups in total. The molecule has 1 aromatic carbocycles. The number of carbonyl (C=O) groups is 2. The minimum Gasteiger partial charge on any atom is -0.476 e. The summed E-state index contributed by atoms with van der Waals surface area (Å²) in [6.07, 6.45) is -4.08. The molecule has 0 spiro atoms. The van der Waals surface area contributed by atoms with Gasteiger partial charge in [-0.1, -0.05) is 12.1 Å². The van der Waals surface area contributed by atoms with Crippen LogP contribution < -0.4 is 5.32 Å². The van der Waals surface area contributed by atoms with E-state index < -0.39 is 23.7 Å². The molecule has 26 heavy (non-hydrogen) atoms. The number of halogens is 3. The van der Waals surface area contributed by atoms with Gasteiger partial charge in [0.25, 0.3) is 0 Å². The Kier molecular flexibility index (Phi) is 4.58. The van der Waals surface area contributed by atoms with Crippen molar-refractivity contribution in [2.24, 2.45) is 0 Å². The van der Waals surface area contributed by atoms with Gasteiger partial charge in [0.1, 0.15) is 0 Å². The summed E-state index contributed by atoms with van der Waals surface area (Å²) >= 11 is 0. The van der Waals surface area contributed by atoms with Crippen LogP contribution in [0.25, 0.3) is 0 Å². The van der Waals surface area contributed by atoms with Crippen molar-refractivity contribution in [2.45, 2.75) is 25.7 Å². The summed E-state index contributed by atoms with van der Waals surface area (Å²) in [6.45, 7) is 0.789. The lowest BCUT2D eigenvalue weighted by molar-refractivity contribution is -0.136. The fraction of sp³-hybridized carbons (Fsp3) is 0.312. The van der Waals surface area contributed by atoms with Gasteiger partial charge in [-0.05, 0) is 24.6 Å². The zero-order chi connectivity index (χ0) is 18.9. The average Bonchev–Trinajstić information content (AvgIpc) is 2.86. The molecule has 138 valence electrons. The quantitative estimate of drug-likeness (QED) is 0.853. The maximum atomic E-state index is 13.0. The second-order valence-electron chi connectivity index (χ2n) is 5.80. The van der Waals surface area contributed by atoms with Gasteiger partial charge < -0.3 is 15.3 Å². The number of urea groups is 1. The van der Waals surface area contributed by atoms with Gasteiger partial charge in [-0.15, -0.1) is 0 Å². The average molecular weight is 368 g/mol. The maximum absolute atomic E-state index is 13.0. The Balaban J connectivity index is 1.79. The number of fused-ring (bicyclic) bond motifs is 1. The minimum absolute atomic E-state index is 0.0559. The number of benzene rings is 1. The van der Waals surface area contributed by atoms with Gasteiger partial charge in [0, 0.05) is 13.1 Å². The highest BCUT2D eigenvalue weighted by Crippen LogP contribution is 2.34. The van der Waals surface area contributed by atoms with Gasteiger partial charge in [0.15, 0.2) is 5.69 Å². The van der Waals surface area contributed by atoms with Gasteiger partial charge in [0.05, 0.1) is 23.5 Å². The van der Waals surface area contributed by atoms with Crippen LogP contribution in [0.2, 0.25) is 0 Å². The number of rotatable bonds is 2. The fourth-order valence-electron chi connectivity index (χ4n) is 2.77. The van der Waals surface area contributed by atoms with E-state index in [0.717, 1.165) is 6.07 Å². The highest BCUT2D eigenvalue weighted by atomic mass is 19.4. The number of aryl methyl sites for hydroxylation is 1. The molecular weight excluding hydrogens is 353 g/mol. The second kappa shape index (κ2) is 6.70. The standard InChI is InChI=1S/C16H15F3N4O3/c17-16(18,19)11-4-1-2-5-12(11)20-15(26)22-6-3-7-23-10(9-22)8-13(21-23)14(24)25/h1-2,4-5,8H,3,6-7,9H2,(H,20,26)(H,24,25). The van der Waals surface area contributed by atoms with Crippen molar-refractivity contribution in [3.8, 4) is 0 Å². The number of carboxylic acids is 1. The van der Waals surface area contributed by atoms with Crippen molar-refractivity contribution in [1.29, 1.82) is 0 Å². The van der Waals surface area contributed by atoms with E-state index in [-0.39, 0.29) is 17.9 Å². The smallest absolute Gasteiger partial charge is 0.418 e. The lowest BCUT2D eigenvalue weighted by Crippen LogP contribution is -2.35. The Morgan fingerprint density at radius 1 is 1.19 bits per heavy atom. The number of amides is 2. The number of nitrogens with one attached hydrogen (secondary N) is 1. The van der Waals surface area contributed by atoms with Crippen molar-refractivity contribution in [1.82, 2.24) is 14.7 Å². The number of anilines is 1. The highest BCUT2D eigenvalue weighted by molar-refractivity contribution is 5.90. The second-order valence-corrected chi connectivity index (χ2v) is 5.80. The molecule has 0 bridgehead atoms. The van der Waals surface area contributed by atoms with Gasteiger partial charge in [-0.3, -0.25) is 4.68 Å². The van der Waals surface area contributed by atoms with E-state index in [1.54, 1.807) is 0 Å². The highest BCUT2D eigenvalue weighted by Gasteiger charge is 2.34. The Bertz CT molecular complexity index is 848. The molecule has 1 aliphatic rings. The number of hydrogen-bond acceptors (Lipinski definition) is 3. The zero-order valence-electron chi connectivity index (χ0n) is 13.5. The largest absolute Gasteiger partial charge is 0.476 e. The van der Waals surface area contributed by atoms with E-state index in [2.05, 4.69) is 10.4 Å². The van der Waals surface area contributed by atoms with Gasteiger partial charge >= 0.3 is 18.2 Å². The topological polar surface area (TPSA) is 87.5 Å². The third-order valence-corrected chi connectivity index (χ3v) is 3.99. The van der Waals surface area contributed by atoms with E-state index >= 15 is 0 Å². The predicted molar refractivity (Wildman–Crippen MR) is 84.7 cm³/mol. The molecule has 2 heterocycles. The molecule has 0 radical (unpaired) electrons. The first-order valence-corrected chi connectivity index (χ1v) is 7.78. The van der Waals surface area contributed by atoms with Crippen molar-refractivity contribution in [3.05, 3.63) is 47.3 Å². The number of carbonyl (C=O) groups excluding carboxylic acids is 1. The molecule has 2 aromatic rings. The normalized spacial score (nSPS) is 14.5. The third kappa shape index (κ3) is 3.63. The lowest BCUT2D eigenvalue weighted by atomic mass is 10.1. The summed E-state index contributed by atoms with van der Waals surface area (Å²) in [5, 5.41) is 15.2. The summed E-state index contributed by atoms with van der Waals surface area (Å²) in [5.41, 5.74) is -0.876. The van der Waals surface area contributed by atoms with Crippen LogP contribution >= 0.6 is 0 Å². The van der Waals surface area contributed by atoms with E-state index in [9.17, 15) is 22.8 Å². The van der Waals surface area contributed by atoms with Crippen molar-refractivity contribution >= 4 is 17.7 Å². The van der Waals surface area contributed by atoms with Gasteiger partial charge in [-0.2, -0.15) is 18.3 Å². The summed E-state index contributed by atoms with van der Waals surface area (Å²) in [5.74, 6) is -1.18. The number of aromatic carboxylic acids is 1. The molecule has 0 fully saturated rings. The molecule has 1 aromatic heterocycles. The van der Waals surface area contributed by atoms with Crippen molar-refractivity contribution in [3.63, 3.8) is 0 Å². The van der Waals surface area contributed by atoms with Crippen molar-refractivity contribution in [2.75, 3.05) is 11.9 Å². The summed E-state index contributed by atoms with van der Waals surface area (Å²) in [7, 11) is 0. The van der Waals surface area contributed by atoms with E-state index in [1.165, 1.54) is 33.8 Å². The molecule has 0 saturated carbocycles. The number of alkyl halides is 3. The van der Waals surface area contributed by atoms with E-state index in [1.807, 2.05) is 0 Å². The molecular formula is C16H15F3N4O3. The molecule has 3 rings (SSSR count). The predicted octanol–water partition coefficient (Wildman–Crippen LogP) is 3.04. The Morgan fingerprint density at radius 3 is 2.62 bits per heavy atom. The zero-order valence-corrected chi connectivity index (χ0v) is 13.5. The van der Waals surface area contributed by atoms with Crippen LogP contribution in [0.15, 0.2) is 30.3 Å². The molecule has 0 unspecified atom stereocenters. The number of aromatic nitrogens is 2. The SMILES string of the molecule is O=C(O)c1cc2n(n1)CCCN(C(=O)Nc1ccccc1C(F)(F)F)C2. The first-order valence-electron chi connectivity index (χ1n) is 7.78. The lowest BCUT2D eigenvalue weighted by Gasteiger charge is -2.22. The van der Waals surface area contributed by atoms with Crippen LogP contribution in [-0.2, 0) is 19.3 Å². The number of hydrogen-bond donors (Lipinski definition) is 2. The van der Waals surface area contributed by atoms with Crippen LogP contribution in [0.3, 0.4) is 0 Å². The molecule has 1 aliphatic heterocycles. The van der Waals surface area contributed by atoms with Crippen molar-refractivity contribution < 1.29 is 27.9 Å². The van der Waals surface area contributed by atoms with E-state index in [0.29, 0.717) is 25.2 Å².